The van der Waals surface area contributed by atoms with Crippen molar-refractivity contribution < 1.29 is 35.7 Å². The van der Waals surface area contributed by atoms with Gasteiger partial charge in [-0.3, -0.25) is 4.79 Å². The quantitative estimate of drug-likeness (QED) is 0.360. The number of rotatable bonds is 9. The number of alkyl halides is 5. The van der Waals surface area contributed by atoms with E-state index in [-0.39, 0.29) is 18.8 Å². The molecule has 1 aromatic carbocycles. The van der Waals surface area contributed by atoms with Gasteiger partial charge in [-0.25, -0.2) is 8.93 Å². The summed E-state index contributed by atoms with van der Waals surface area (Å²) < 4.78 is 94.4. The first-order chi connectivity index (χ1) is 15.7. The fraction of sp³-hybridized carbons (Fsp3) is 0.696. The predicted molar refractivity (Wildman–Crippen MR) is 121 cm³/mol. The second-order valence-electron chi connectivity index (χ2n) is 9.38. The summed E-state index contributed by atoms with van der Waals surface area (Å²) in [5, 5.41) is 0. The zero-order valence-electron chi connectivity index (χ0n) is 19.9. The summed E-state index contributed by atoms with van der Waals surface area (Å²) in [6.45, 7) is 6.19. The number of hydrogen-bond donors (Lipinski definition) is 1. The highest BCUT2D eigenvalue weighted by Gasteiger charge is 2.75. The van der Waals surface area contributed by atoms with Crippen LogP contribution in [0.25, 0.3) is 0 Å². The van der Waals surface area contributed by atoms with Gasteiger partial charge in [-0.15, -0.1) is 0 Å². The van der Waals surface area contributed by atoms with Crippen LogP contribution in [-0.2, 0) is 21.3 Å². The van der Waals surface area contributed by atoms with Crippen molar-refractivity contribution in [2.45, 2.75) is 82.2 Å². The van der Waals surface area contributed by atoms with Crippen molar-refractivity contribution in [2.75, 3.05) is 19.7 Å². The normalized spacial score (nSPS) is 18.3. The SMILES string of the molecule is CCCCOc1ccc(C(NS(=O)C(C)(C)C)(C(F)(F)F)C(F)(F)C(=O)N2CCCCC2)cc1. The first-order valence-corrected chi connectivity index (χ1v) is 12.5. The third kappa shape index (κ3) is 5.90. The van der Waals surface area contributed by atoms with E-state index in [0.29, 0.717) is 32.3 Å². The summed E-state index contributed by atoms with van der Waals surface area (Å²) in [4.78, 5) is 13.6. The lowest BCUT2D eigenvalue weighted by atomic mass is 9.82. The molecule has 0 bridgehead atoms. The fourth-order valence-electron chi connectivity index (χ4n) is 3.59. The number of benzene rings is 1. The largest absolute Gasteiger partial charge is 0.494 e. The van der Waals surface area contributed by atoms with Crippen LogP contribution >= 0.6 is 0 Å². The van der Waals surface area contributed by atoms with Gasteiger partial charge in [0.05, 0.1) is 22.3 Å². The number of carbonyl (C=O) groups is 1. The Morgan fingerprint density at radius 1 is 1.03 bits per heavy atom. The van der Waals surface area contributed by atoms with Gasteiger partial charge >= 0.3 is 12.1 Å². The van der Waals surface area contributed by atoms with Crippen molar-refractivity contribution in [3.63, 3.8) is 0 Å². The molecule has 34 heavy (non-hydrogen) atoms. The molecule has 2 rings (SSSR count). The van der Waals surface area contributed by atoms with E-state index < -0.39 is 44.8 Å². The second kappa shape index (κ2) is 10.9. The van der Waals surface area contributed by atoms with Crippen LogP contribution in [0, 0.1) is 0 Å². The number of unbranched alkanes of at least 4 members (excludes halogenated alkanes) is 1. The second-order valence-corrected chi connectivity index (χ2v) is 11.4. The lowest BCUT2D eigenvalue weighted by Crippen LogP contribution is -2.70. The maximum absolute atomic E-state index is 15.9. The van der Waals surface area contributed by atoms with E-state index in [4.69, 9.17) is 4.74 Å². The average Bonchev–Trinajstić information content (AvgIpc) is 2.76. The smallest absolute Gasteiger partial charge is 0.418 e. The minimum atomic E-state index is -5.67. The summed E-state index contributed by atoms with van der Waals surface area (Å²) in [6.07, 6.45) is -2.58. The van der Waals surface area contributed by atoms with Crippen molar-refractivity contribution in [1.82, 2.24) is 9.62 Å². The van der Waals surface area contributed by atoms with Crippen molar-refractivity contribution in [3.8, 4) is 5.75 Å². The number of nitrogens with one attached hydrogen (secondary N) is 1. The molecular weight excluding hydrogens is 479 g/mol. The van der Waals surface area contributed by atoms with Gasteiger partial charge < -0.3 is 9.64 Å². The number of halogens is 5. The Kier molecular flexibility index (Phi) is 9.12. The first-order valence-electron chi connectivity index (χ1n) is 11.4. The summed E-state index contributed by atoms with van der Waals surface area (Å²) in [7, 11) is -2.59. The van der Waals surface area contributed by atoms with E-state index >= 15 is 8.78 Å². The zero-order chi connectivity index (χ0) is 25.8. The van der Waals surface area contributed by atoms with Gasteiger partial charge in [-0.05, 0) is 64.2 Å². The molecule has 1 fully saturated rings. The molecule has 5 nitrogen and oxygen atoms in total. The van der Waals surface area contributed by atoms with Crippen LogP contribution < -0.4 is 9.46 Å². The number of nitrogens with zero attached hydrogens (tertiary/aromatic N) is 1. The van der Waals surface area contributed by atoms with E-state index in [2.05, 4.69) is 0 Å². The minimum absolute atomic E-state index is 0.0606. The van der Waals surface area contributed by atoms with Crippen molar-refractivity contribution in [3.05, 3.63) is 29.8 Å². The Balaban J connectivity index is 2.64. The summed E-state index contributed by atoms with van der Waals surface area (Å²) in [5.74, 6) is -6.71. The van der Waals surface area contributed by atoms with Crippen LogP contribution in [0.2, 0.25) is 0 Å². The molecule has 0 aliphatic carbocycles. The van der Waals surface area contributed by atoms with Gasteiger partial charge in [0.1, 0.15) is 5.75 Å². The summed E-state index contributed by atoms with van der Waals surface area (Å²) in [6, 6.07) is 3.99. The molecule has 1 saturated heterocycles. The Morgan fingerprint density at radius 2 is 1.59 bits per heavy atom. The molecule has 1 aliphatic rings. The van der Waals surface area contributed by atoms with Crippen molar-refractivity contribution in [2.24, 2.45) is 0 Å². The Morgan fingerprint density at radius 3 is 2.06 bits per heavy atom. The number of piperidine rings is 1. The van der Waals surface area contributed by atoms with Gasteiger partial charge in [0, 0.05) is 13.1 Å². The number of likely N-dealkylation sites (tertiary alicyclic amines) is 1. The first kappa shape index (κ1) is 28.5. The Hall–Kier alpha value is -1.75. The lowest BCUT2D eigenvalue weighted by Gasteiger charge is -2.44. The van der Waals surface area contributed by atoms with E-state index in [1.165, 1.54) is 20.8 Å². The van der Waals surface area contributed by atoms with Gasteiger partial charge in [-0.1, -0.05) is 25.5 Å². The molecule has 11 heteroatoms. The number of ether oxygens (including phenoxy) is 1. The van der Waals surface area contributed by atoms with Crippen LogP contribution in [0.1, 0.15) is 65.4 Å². The van der Waals surface area contributed by atoms with E-state index in [9.17, 15) is 22.2 Å². The molecule has 0 saturated carbocycles. The van der Waals surface area contributed by atoms with E-state index in [0.717, 1.165) is 35.6 Å². The third-order valence-corrected chi connectivity index (χ3v) is 7.27. The lowest BCUT2D eigenvalue weighted by molar-refractivity contribution is -0.262. The van der Waals surface area contributed by atoms with Crippen LogP contribution in [0.5, 0.6) is 5.75 Å². The number of hydrogen-bond acceptors (Lipinski definition) is 3. The van der Waals surface area contributed by atoms with Crippen LogP contribution in [-0.4, -0.2) is 51.6 Å². The van der Waals surface area contributed by atoms with Gasteiger partial charge in [0.25, 0.3) is 5.91 Å². The fourth-order valence-corrected chi connectivity index (χ4v) is 4.53. The van der Waals surface area contributed by atoms with Gasteiger partial charge in [-0.2, -0.15) is 22.0 Å². The minimum Gasteiger partial charge on any atom is -0.494 e. The standard InChI is InChI=1S/C23H33F5N2O3S/c1-5-6-16-33-18-12-10-17(11-13-18)21(23(26,27)28,29-34(32)20(2,3)4)22(24,25)19(31)30-14-8-7-9-15-30/h10-13,29H,5-9,14-16H2,1-4H3. The van der Waals surface area contributed by atoms with Crippen LogP contribution in [0.4, 0.5) is 22.0 Å². The maximum atomic E-state index is 15.9. The molecule has 2 atom stereocenters. The molecule has 1 amide bonds. The average molecular weight is 513 g/mol. The molecule has 1 aliphatic heterocycles. The molecule has 1 aromatic rings. The van der Waals surface area contributed by atoms with Crippen LogP contribution in [0.3, 0.4) is 0 Å². The van der Waals surface area contributed by atoms with E-state index in [1.807, 2.05) is 6.92 Å². The third-order valence-electron chi connectivity index (χ3n) is 5.66. The Labute approximate surface area is 200 Å². The van der Waals surface area contributed by atoms with Gasteiger partial charge in [0.2, 0.25) is 5.54 Å². The van der Waals surface area contributed by atoms with Crippen molar-refractivity contribution in [1.29, 1.82) is 0 Å². The Bertz CT molecular complexity index is 850. The van der Waals surface area contributed by atoms with Gasteiger partial charge in [0.15, 0.2) is 0 Å². The summed E-state index contributed by atoms with van der Waals surface area (Å²) >= 11 is 0. The highest BCUT2D eigenvalue weighted by Crippen LogP contribution is 2.51. The number of carbonyl (C=O) groups excluding carboxylic acids is 1. The molecule has 0 aromatic heterocycles. The molecule has 0 spiro atoms. The monoisotopic (exact) mass is 512 g/mol. The van der Waals surface area contributed by atoms with E-state index in [1.54, 1.807) is 4.72 Å². The topological polar surface area (TPSA) is 58.6 Å². The maximum Gasteiger partial charge on any atom is 0.418 e. The predicted octanol–water partition coefficient (Wildman–Crippen LogP) is 5.32. The van der Waals surface area contributed by atoms with Crippen molar-refractivity contribution >= 4 is 16.9 Å². The number of amides is 1. The van der Waals surface area contributed by atoms with Crippen LogP contribution in [0.15, 0.2) is 24.3 Å². The molecule has 0 radical (unpaired) electrons. The highest BCUT2D eigenvalue weighted by atomic mass is 32.2. The molecule has 2 unspecified atom stereocenters. The summed E-state index contributed by atoms with van der Waals surface area (Å²) in [5.41, 5.74) is -5.13. The zero-order valence-corrected chi connectivity index (χ0v) is 20.8. The molecule has 194 valence electrons. The highest BCUT2D eigenvalue weighted by molar-refractivity contribution is 7.84. The molecule has 1 N–H and O–H groups in total. The molecular formula is C23H33F5N2O3S. The molecule has 1 heterocycles.